The van der Waals surface area contributed by atoms with Crippen molar-refractivity contribution < 1.29 is 21.8 Å². The molecule has 0 aliphatic heterocycles. The minimum atomic E-state index is -2.25. The summed E-state index contributed by atoms with van der Waals surface area (Å²) in [6, 6.07) is 41.8. The van der Waals surface area contributed by atoms with Crippen LogP contribution < -0.4 is 32.9 Å². The SMILES string of the molecule is O=CC(c1ccccc1)[P+](c1ccccc1)(c1ccccc1)c1ccccc1.[Br-]. The van der Waals surface area contributed by atoms with Gasteiger partial charge in [0.25, 0.3) is 0 Å². The molecule has 0 bridgehead atoms. The molecule has 3 heteroatoms. The second kappa shape index (κ2) is 9.78. The predicted molar refractivity (Wildman–Crippen MR) is 120 cm³/mol. The van der Waals surface area contributed by atoms with Crippen molar-refractivity contribution in [1.29, 1.82) is 0 Å². The molecule has 0 aliphatic carbocycles. The molecule has 0 radical (unpaired) electrons. The standard InChI is InChI=1S/C26H22OP.BrH/c27-21-26(22-13-5-1-6-14-22)28(23-15-7-2-8-16-23,24-17-9-3-10-18-24)25-19-11-4-12-20-25;/h1-21,26H;1H/q+1;/p-1. The third-order valence-corrected chi connectivity index (χ3v) is 9.77. The Kier molecular flexibility index (Phi) is 7.14. The third-order valence-electron chi connectivity index (χ3n) is 5.18. The summed E-state index contributed by atoms with van der Waals surface area (Å²) in [6.45, 7) is 0. The van der Waals surface area contributed by atoms with E-state index >= 15 is 0 Å². The van der Waals surface area contributed by atoms with Crippen molar-refractivity contribution in [1.82, 2.24) is 0 Å². The maximum atomic E-state index is 12.7. The van der Waals surface area contributed by atoms with Gasteiger partial charge in [0.2, 0.25) is 0 Å². The van der Waals surface area contributed by atoms with E-state index in [-0.39, 0.29) is 22.6 Å². The van der Waals surface area contributed by atoms with Crippen LogP contribution in [-0.2, 0) is 4.79 Å². The molecule has 0 aromatic heterocycles. The minimum Gasteiger partial charge on any atom is -1.00 e. The fourth-order valence-corrected chi connectivity index (χ4v) is 8.55. The Morgan fingerprint density at radius 1 is 0.517 bits per heavy atom. The zero-order valence-electron chi connectivity index (χ0n) is 15.9. The van der Waals surface area contributed by atoms with E-state index in [0.717, 1.165) is 11.8 Å². The largest absolute Gasteiger partial charge is 1.00 e. The Bertz CT molecular complexity index is 925. The second-order valence-electron chi connectivity index (χ2n) is 6.72. The molecule has 144 valence electrons. The van der Waals surface area contributed by atoms with Gasteiger partial charge < -0.3 is 17.0 Å². The Labute approximate surface area is 183 Å². The van der Waals surface area contributed by atoms with Crippen LogP contribution in [0, 0.1) is 0 Å². The molecule has 0 fully saturated rings. The zero-order chi connectivity index (χ0) is 19.2. The van der Waals surface area contributed by atoms with E-state index in [2.05, 4.69) is 84.9 Å². The molecule has 0 N–H and O–H groups in total. The highest BCUT2D eigenvalue weighted by atomic mass is 79.9. The molecule has 1 unspecified atom stereocenters. The molecular weight excluding hydrogens is 439 g/mol. The van der Waals surface area contributed by atoms with Gasteiger partial charge in [-0.15, -0.1) is 0 Å². The zero-order valence-corrected chi connectivity index (χ0v) is 18.4. The van der Waals surface area contributed by atoms with Gasteiger partial charge in [-0.3, -0.25) is 4.79 Å². The Morgan fingerprint density at radius 3 is 1.14 bits per heavy atom. The van der Waals surface area contributed by atoms with E-state index in [0.29, 0.717) is 0 Å². The lowest BCUT2D eigenvalue weighted by Crippen LogP contribution is -3.00. The van der Waals surface area contributed by atoms with Crippen LogP contribution in [-0.4, -0.2) is 6.29 Å². The smallest absolute Gasteiger partial charge is 0.165 e. The Hall–Kier alpha value is -2.54. The summed E-state index contributed by atoms with van der Waals surface area (Å²) < 4.78 is 0. The van der Waals surface area contributed by atoms with Crippen molar-refractivity contribution >= 4 is 29.5 Å². The van der Waals surface area contributed by atoms with E-state index in [1.165, 1.54) is 15.9 Å². The summed E-state index contributed by atoms with van der Waals surface area (Å²) in [4.78, 5) is 12.7. The van der Waals surface area contributed by atoms with Gasteiger partial charge in [-0.1, -0.05) is 84.9 Å². The Balaban J connectivity index is 0.00000240. The molecule has 0 spiro atoms. The third kappa shape index (κ3) is 3.96. The summed E-state index contributed by atoms with van der Waals surface area (Å²) in [6.07, 6.45) is 1.15. The first-order chi connectivity index (χ1) is 13.9. The molecular formula is C26H22BrOP. The maximum Gasteiger partial charge on any atom is 0.165 e. The maximum absolute atomic E-state index is 12.7. The molecule has 1 nitrogen and oxygen atoms in total. The monoisotopic (exact) mass is 460 g/mol. The van der Waals surface area contributed by atoms with Crippen LogP contribution in [0.15, 0.2) is 121 Å². The quantitative estimate of drug-likeness (QED) is 0.317. The first-order valence-corrected chi connectivity index (χ1v) is 11.3. The number of rotatable bonds is 6. The highest BCUT2D eigenvalue weighted by molar-refractivity contribution is 7.96. The van der Waals surface area contributed by atoms with Gasteiger partial charge in [0, 0.05) is 5.56 Å². The van der Waals surface area contributed by atoms with Gasteiger partial charge in [-0.2, -0.15) is 0 Å². The average Bonchev–Trinajstić information content (AvgIpc) is 2.80. The topological polar surface area (TPSA) is 17.1 Å². The van der Waals surface area contributed by atoms with Gasteiger partial charge >= 0.3 is 0 Å². The molecule has 0 amide bonds. The van der Waals surface area contributed by atoms with Crippen LogP contribution in [0.4, 0.5) is 0 Å². The van der Waals surface area contributed by atoms with Crippen LogP contribution in [0.2, 0.25) is 0 Å². The second-order valence-corrected chi connectivity index (χ2v) is 10.3. The van der Waals surface area contributed by atoms with Crippen molar-refractivity contribution in [2.75, 3.05) is 0 Å². The van der Waals surface area contributed by atoms with Crippen LogP contribution in [0.25, 0.3) is 0 Å². The van der Waals surface area contributed by atoms with Crippen LogP contribution in [0.1, 0.15) is 11.2 Å². The molecule has 0 heterocycles. The van der Waals surface area contributed by atoms with Crippen molar-refractivity contribution in [3.8, 4) is 0 Å². The predicted octanol–water partition coefficient (Wildman–Crippen LogP) is 1.92. The fourth-order valence-electron chi connectivity index (χ4n) is 3.96. The lowest BCUT2D eigenvalue weighted by Gasteiger charge is -2.32. The summed E-state index contributed by atoms with van der Waals surface area (Å²) in [7, 11) is -2.25. The number of aldehydes is 1. The van der Waals surface area contributed by atoms with Gasteiger partial charge in [-0.05, 0) is 36.4 Å². The highest BCUT2D eigenvalue weighted by Gasteiger charge is 2.53. The molecule has 4 aromatic rings. The van der Waals surface area contributed by atoms with Crippen molar-refractivity contribution in [3.05, 3.63) is 127 Å². The minimum absolute atomic E-state index is 0. The number of halogens is 1. The van der Waals surface area contributed by atoms with Crippen LogP contribution in [0.5, 0.6) is 0 Å². The molecule has 0 saturated heterocycles. The molecule has 29 heavy (non-hydrogen) atoms. The summed E-state index contributed by atoms with van der Waals surface area (Å²) >= 11 is 0. The lowest BCUT2D eigenvalue weighted by atomic mass is 10.2. The molecule has 0 saturated carbocycles. The number of hydrogen-bond acceptors (Lipinski definition) is 1. The fraction of sp³-hybridized carbons (Fsp3) is 0.0385. The normalized spacial score (nSPS) is 11.9. The Morgan fingerprint density at radius 2 is 0.828 bits per heavy atom. The summed E-state index contributed by atoms with van der Waals surface area (Å²) in [5.41, 5.74) is 0.809. The first-order valence-electron chi connectivity index (χ1n) is 9.43. The van der Waals surface area contributed by atoms with Gasteiger partial charge in [0.15, 0.2) is 11.9 Å². The van der Waals surface area contributed by atoms with E-state index < -0.39 is 7.26 Å². The number of benzene rings is 4. The molecule has 4 aromatic carbocycles. The lowest BCUT2D eigenvalue weighted by molar-refractivity contribution is -0.107. The number of carbonyl (C=O) groups is 1. The van der Waals surface area contributed by atoms with E-state index in [4.69, 9.17) is 0 Å². The van der Waals surface area contributed by atoms with Gasteiger partial charge in [-0.25, -0.2) is 0 Å². The summed E-state index contributed by atoms with van der Waals surface area (Å²) in [5, 5.41) is 3.65. The van der Waals surface area contributed by atoms with E-state index in [9.17, 15) is 4.79 Å². The molecule has 0 aliphatic rings. The number of carbonyl (C=O) groups excluding carboxylic acids is 1. The van der Waals surface area contributed by atoms with Crippen molar-refractivity contribution in [2.24, 2.45) is 0 Å². The van der Waals surface area contributed by atoms with Gasteiger partial charge in [0.1, 0.15) is 23.2 Å². The van der Waals surface area contributed by atoms with Crippen LogP contribution >= 0.6 is 7.26 Å². The molecule has 1 atom stereocenters. The molecule has 4 rings (SSSR count). The first kappa shape index (κ1) is 21.2. The van der Waals surface area contributed by atoms with Crippen LogP contribution in [0.3, 0.4) is 0 Å². The summed E-state index contributed by atoms with van der Waals surface area (Å²) in [5.74, 6) is 0. The van der Waals surface area contributed by atoms with Gasteiger partial charge in [0.05, 0.1) is 0 Å². The highest BCUT2D eigenvalue weighted by Crippen LogP contribution is 2.65. The van der Waals surface area contributed by atoms with Crippen molar-refractivity contribution in [2.45, 2.75) is 5.66 Å². The van der Waals surface area contributed by atoms with E-state index in [1.54, 1.807) is 0 Å². The number of hydrogen-bond donors (Lipinski definition) is 0. The van der Waals surface area contributed by atoms with Crippen molar-refractivity contribution in [3.63, 3.8) is 0 Å². The average molecular weight is 461 g/mol. The van der Waals surface area contributed by atoms with E-state index in [1.807, 2.05) is 36.4 Å².